The van der Waals surface area contributed by atoms with Crippen molar-refractivity contribution >= 4 is 11.8 Å². The van der Waals surface area contributed by atoms with Crippen LogP contribution in [0, 0.1) is 11.3 Å². The summed E-state index contributed by atoms with van der Waals surface area (Å²) in [6.07, 6.45) is 1.54. The normalized spacial score (nSPS) is 9.50. The molecule has 0 aliphatic heterocycles. The maximum Gasteiger partial charge on any atom is 0.238 e. The Kier molecular flexibility index (Phi) is 3.24. The lowest BCUT2D eigenvalue weighted by Crippen LogP contribution is -2.05. The van der Waals surface area contributed by atoms with Gasteiger partial charge in [0.2, 0.25) is 17.5 Å². The van der Waals surface area contributed by atoms with Gasteiger partial charge >= 0.3 is 0 Å². The summed E-state index contributed by atoms with van der Waals surface area (Å²) in [5, 5.41) is 11.1. The van der Waals surface area contributed by atoms with Gasteiger partial charge < -0.3 is 4.42 Å². The molecule has 0 saturated carbocycles. The lowest BCUT2D eigenvalue weighted by Gasteiger charge is -1.94. The number of nitriles is 1. The topological polar surface area (TPSA) is 78.9 Å². The summed E-state index contributed by atoms with van der Waals surface area (Å²) in [6.45, 7) is 3.33. The standard InChI is InChI=1S/C9H11N3O2/c1-3-4-8-12-7(5-10)9(14-8)11-6(2)13/h3-4H2,1-2H3,(H,11,13). The second-order valence-electron chi connectivity index (χ2n) is 2.83. The third kappa shape index (κ3) is 2.33. The third-order valence-electron chi connectivity index (χ3n) is 1.53. The van der Waals surface area contributed by atoms with Crippen molar-refractivity contribution < 1.29 is 9.21 Å². The van der Waals surface area contributed by atoms with Crippen LogP contribution in [0.3, 0.4) is 0 Å². The van der Waals surface area contributed by atoms with Crippen molar-refractivity contribution in [2.45, 2.75) is 26.7 Å². The van der Waals surface area contributed by atoms with Crippen LogP contribution in [0.1, 0.15) is 31.9 Å². The molecule has 0 spiro atoms. The lowest BCUT2D eigenvalue weighted by molar-refractivity contribution is -0.114. The zero-order chi connectivity index (χ0) is 10.6. The molecular formula is C9H11N3O2. The number of oxazole rings is 1. The lowest BCUT2D eigenvalue weighted by atomic mass is 10.3. The molecule has 0 bridgehead atoms. The van der Waals surface area contributed by atoms with Gasteiger partial charge in [0.15, 0.2) is 5.89 Å². The molecule has 1 aromatic rings. The Balaban J connectivity index is 2.91. The molecule has 14 heavy (non-hydrogen) atoms. The predicted molar refractivity (Wildman–Crippen MR) is 49.5 cm³/mol. The van der Waals surface area contributed by atoms with Crippen LogP contribution in [0.2, 0.25) is 0 Å². The molecule has 0 aliphatic carbocycles. The van der Waals surface area contributed by atoms with Crippen molar-refractivity contribution in [1.82, 2.24) is 4.98 Å². The number of carbonyl (C=O) groups excluding carboxylic acids is 1. The number of rotatable bonds is 3. The van der Waals surface area contributed by atoms with Gasteiger partial charge in [0.25, 0.3) is 0 Å². The quantitative estimate of drug-likeness (QED) is 0.788. The average Bonchev–Trinajstić information content (AvgIpc) is 2.47. The first-order chi connectivity index (χ1) is 6.67. The molecule has 0 radical (unpaired) electrons. The number of nitrogens with one attached hydrogen (secondary N) is 1. The molecule has 0 atom stereocenters. The Morgan fingerprint density at radius 1 is 1.71 bits per heavy atom. The third-order valence-corrected chi connectivity index (χ3v) is 1.53. The van der Waals surface area contributed by atoms with Crippen LogP contribution in [0.5, 0.6) is 0 Å². The Labute approximate surface area is 81.7 Å². The SMILES string of the molecule is CCCc1nc(C#N)c(NC(C)=O)o1. The molecular weight excluding hydrogens is 182 g/mol. The van der Waals surface area contributed by atoms with Crippen molar-refractivity contribution in [3.8, 4) is 6.07 Å². The van der Waals surface area contributed by atoms with Crippen LogP contribution in [-0.2, 0) is 11.2 Å². The zero-order valence-electron chi connectivity index (χ0n) is 8.13. The molecule has 1 rings (SSSR count). The predicted octanol–water partition coefficient (Wildman–Crippen LogP) is 1.46. The van der Waals surface area contributed by atoms with E-state index in [1.165, 1.54) is 6.92 Å². The van der Waals surface area contributed by atoms with Crippen LogP contribution >= 0.6 is 0 Å². The number of aryl methyl sites for hydroxylation is 1. The van der Waals surface area contributed by atoms with E-state index in [4.69, 9.17) is 9.68 Å². The molecule has 74 valence electrons. The van der Waals surface area contributed by atoms with Crippen molar-refractivity contribution in [2.75, 3.05) is 5.32 Å². The maximum atomic E-state index is 10.7. The van der Waals surface area contributed by atoms with Gasteiger partial charge in [-0.3, -0.25) is 10.1 Å². The summed E-state index contributed by atoms with van der Waals surface area (Å²) in [5.74, 6) is 0.344. The van der Waals surface area contributed by atoms with Gasteiger partial charge in [-0.1, -0.05) is 6.92 Å². The molecule has 0 aliphatic rings. The first kappa shape index (κ1) is 10.3. The number of amides is 1. The van der Waals surface area contributed by atoms with Gasteiger partial charge in [-0.05, 0) is 6.42 Å². The largest absolute Gasteiger partial charge is 0.423 e. The van der Waals surface area contributed by atoms with Gasteiger partial charge in [0.05, 0.1) is 0 Å². The van der Waals surface area contributed by atoms with E-state index >= 15 is 0 Å². The Morgan fingerprint density at radius 2 is 2.43 bits per heavy atom. The highest BCUT2D eigenvalue weighted by Gasteiger charge is 2.12. The monoisotopic (exact) mass is 193 g/mol. The van der Waals surface area contributed by atoms with Crippen molar-refractivity contribution in [1.29, 1.82) is 5.26 Å². The highest BCUT2D eigenvalue weighted by molar-refractivity contribution is 5.88. The molecule has 1 heterocycles. The van der Waals surface area contributed by atoms with Crippen molar-refractivity contribution in [3.05, 3.63) is 11.6 Å². The van der Waals surface area contributed by atoms with Gasteiger partial charge in [0.1, 0.15) is 6.07 Å². The van der Waals surface area contributed by atoms with Gasteiger partial charge in [-0.2, -0.15) is 5.26 Å². The fourth-order valence-electron chi connectivity index (χ4n) is 1.01. The Bertz CT molecular complexity index is 376. The van der Waals surface area contributed by atoms with E-state index in [9.17, 15) is 4.79 Å². The molecule has 0 aromatic carbocycles. The van der Waals surface area contributed by atoms with Gasteiger partial charge in [-0.15, -0.1) is 0 Å². The number of hydrogen-bond acceptors (Lipinski definition) is 4. The highest BCUT2D eigenvalue weighted by Crippen LogP contribution is 2.17. The summed E-state index contributed by atoms with van der Waals surface area (Å²) in [6, 6.07) is 1.86. The molecule has 5 heteroatoms. The van der Waals surface area contributed by atoms with E-state index in [-0.39, 0.29) is 17.5 Å². The number of aromatic nitrogens is 1. The van der Waals surface area contributed by atoms with Crippen molar-refractivity contribution in [2.24, 2.45) is 0 Å². The molecule has 1 aromatic heterocycles. The Morgan fingerprint density at radius 3 is 2.93 bits per heavy atom. The molecule has 0 unspecified atom stereocenters. The number of hydrogen-bond donors (Lipinski definition) is 1. The first-order valence-corrected chi connectivity index (χ1v) is 4.34. The number of nitrogens with zero attached hydrogens (tertiary/aromatic N) is 2. The molecule has 0 saturated heterocycles. The number of anilines is 1. The fourth-order valence-corrected chi connectivity index (χ4v) is 1.01. The molecule has 1 amide bonds. The highest BCUT2D eigenvalue weighted by atomic mass is 16.4. The summed E-state index contributed by atoms with van der Waals surface area (Å²) in [4.78, 5) is 14.7. The summed E-state index contributed by atoms with van der Waals surface area (Å²) in [7, 11) is 0. The Hall–Kier alpha value is -1.83. The second-order valence-corrected chi connectivity index (χ2v) is 2.83. The van der Waals surface area contributed by atoms with E-state index in [0.29, 0.717) is 12.3 Å². The first-order valence-electron chi connectivity index (χ1n) is 4.34. The fraction of sp³-hybridized carbons (Fsp3) is 0.444. The minimum Gasteiger partial charge on any atom is -0.423 e. The zero-order valence-corrected chi connectivity index (χ0v) is 8.13. The van der Waals surface area contributed by atoms with E-state index in [1.54, 1.807) is 0 Å². The van der Waals surface area contributed by atoms with Gasteiger partial charge in [0, 0.05) is 13.3 Å². The molecule has 0 fully saturated rings. The summed E-state index contributed by atoms with van der Waals surface area (Å²) >= 11 is 0. The smallest absolute Gasteiger partial charge is 0.238 e. The van der Waals surface area contributed by atoms with E-state index in [2.05, 4.69) is 10.3 Å². The minimum atomic E-state index is -0.277. The van der Waals surface area contributed by atoms with E-state index < -0.39 is 0 Å². The summed E-state index contributed by atoms with van der Waals surface area (Å²) in [5.41, 5.74) is 0.128. The van der Waals surface area contributed by atoms with Crippen molar-refractivity contribution in [3.63, 3.8) is 0 Å². The van der Waals surface area contributed by atoms with Crippen LogP contribution in [-0.4, -0.2) is 10.9 Å². The minimum absolute atomic E-state index is 0.128. The molecule has 1 N–H and O–H groups in total. The maximum absolute atomic E-state index is 10.7. The van der Waals surface area contributed by atoms with E-state index in [0.717, 1.165) is 6.42 Å². The average molecular weight is 193 g/mol. The van der Waals surface area contributed by atoms with Crippen LogP contribution in [0.4, 0.5) is 5.88 Å². The second kappa shape index (κ2) is 4.42. The molecule has 5 nitrogen and oxygen atoms in total. The number of carbonyl (C=O) groups is 1. The van der Waals surface area contributed by atoms with Gasteiger partial charge in [-0.25, -0.2) is 4.98 Å². The van der Waals surface area contributed by atoms with Crippen LogP contribution in [0.25, 0.3) is 0 Å². The summed E-state index contributed by atoms with van der Waals surface area (Å²) < 4.78 is 5.19. The van der Waals surface area contributed by atoms with E-state index in [1.807, 2.05) is 13.0 Å². The van der Waals surface area contributed by atoms with Crippen LogP contribution < -0.4 is 5.32 Å². The van der Waals surface area contributed by atoms with Crippen LogP contribution in [0.15, 0.2) is 4.42 Å².